The number of aryl methyl sites for hydroxylation is 1. The first-order valence-electron chi connectivity index (χ1n) is 10.5. The van der Waals surface area contributed by atoms with Gasteiger partial charge in [-0.2, -0.15) is 0 Å². The number of ketones is 1. The average Bonchev–Trinajstić information content (AvgIpc) is 2.71. The van der Waals surface area contributed by atoms with E-state index in [0.29, 0.717) is 13.0 Å². The van der Waals surface area contributed by atoms with Gasteiger partial charge >= 0.3 is 0 Å². The van der Waals surface area contributed by atoms with Crippen molar-refractivity contribution in [3.63, 3.8) is 0 Å². The summed E-state index contributed by atoms with van der Waals surface area (Å²) in [5, 5.41) is 2.85. The lowest BCUT2D eigenvalue weighted by Gasteiger charge is -2.21. The van der Waals surface area contributed by atoms with Gasteiger partial charge in [0.05, 0.1) is 6.42 Å². The van der Waals surface area contributed by atoms with Gasteiger partial charge in [0.1, 0.15) is 0 Å². The molecule has 0 spiro atoms. The zero-order valence-corrected chi connectivity index (χ0v) is 18.5. The van der Waals surface area contributed by atoms with Crippen molar-refractivity contribution >= 4 is 26.5 Å². The van der Waals surface area contributed by atoms with E-state index in [0.717, 1.165) is 52.4 Å². The summed E-state index contributed by atoms with van der Waals surface area (Å²) in [6.07, 6.45) is 7.51. The number of benzene rings is 2. The number of carbonyl (C=O) groups excluding carboxylic acids is 2. The number of carbonyl (C=O) groups is 2. The molecule has 1 atom stereocenters. The molecule has 1 unspecified atom stereocenters. The van der Waals surface area contributed by atoms with Gasteiger partial charge in [0.2, 0.25) is 5.91 Å². The van der Waals surface area contributed by atoms with E-state index in [4.69, 9.17) is 0 Å². The van der Waals surface area contributed by atoms with Crippen molar-refractivity contribution < 1.29 is 9.59 Å². The smallest absolute Gasteiger partial charge is 0.224 e. The van der Waals surface area contributed by atoms with E-state index in [1.165, 1.54) is 18.4 Å². The minimum absolute atomic E-state index is 0.0192. The van der Waals surface area contributed by atoms with Crippen molar-refractivity contribution in [2.24, 2.45) is 0 Å². The Bertz CT molecular complexity index is 929. The molecule has 1 aliphatic rings. The van der Waals surface area contributed by atoms with Gasteiger partial charge in [0, 0.05) is 12.1 Å². The maximum atomic E-state index is 12.7. The molecular formula is C25H30NO2P. The van der Waals surface area contributed by atoms with Crippen molar-refractivity contribution in [2.75, 3.05) is 12.7 Å². The van der Waals surface area contributed by atoms with Crippen molar-refractivity contribution in [3.8, 4) is 0 Å². The molecule has 0 bridgehead atoms. The van der Waals surface area contributed by atoms with Crippen LogP contribution < -0.4 is 5.32 Å². The molecule has 1 N–H and O–H groups in total. The van der Waals surface area contributed by atoms with Crippen LogP contribution in [0.5, 0.6) is 0 Å². The number of likely N-dealkylation sites (N-methyl/N-ethyl adjacent to an activating group) is 1. The first-order valence-corrected chi connectivity index (χ1v) is 11.3. The topological polar surface area (TPSA) is 46.2 Å². The number of rotatable bonds is 8. The maximum absolute atomic E-state index is 12.7. The molecule has 1 aliphatic carbocycles. The zero-order valence-electron chi connectivity index (χ0n) is 17.4. The molecule has 29 heavy (non-hydrogen) atoms. The van der Waals surface area contributed by atoms with Crippen molar-refractivity contribution in [1.29, 1.82) is 0 Å². The second-order valence-corrected chi connectivity index (χ2v) is 8.24. The van der Waals surface area contributed by atoms with Crippen LogP contribution in [0, 0.1) is 6.92 Å². The molecule has 4 heteroatoms. The Kier molecular flexibility index (Phi) is 7.39. The summed E-state index contributed by atoms with van der Waals surface area (Å²) in [5.74, 6) is 0.0733. The molecule has 2 aromatic carbocycles. The zero-order chi connectivity index (χ0) is 20.8. The summed E-state index contributed by atoms with van der Waals surface area (Å²) in [5.41, 5.74) is 7.37. The largest absolute Gasteiger partial charge is 0.356 e. The fourth-order valence-electron chi connectivity index (χ4n) is 3.91. The van der Waals surface area contributed by atoms with Crippen LogP contribution in [0.3, 0.4) is 0 Å². The summed E-state index contributed by atoms with van der Waals surface area (Å²) in [6.45, 7) is 4.57. The van der Waals surface area contributed by atoms with Crippen LogP contribution in [0.4, 0.5) is 0 Å². The number of fused-ring (bicyclic) bond motifs is 1. The fraction of sp³-hybridized carbons (Fsp3) is 0.360. The van der Waals surface area contributed by atoms with Crippen LogP contribution in [-0.2, 0) is 24.1 Å². The van der Waals surface area contributed by atoms with Gasteiger partial charge in [-0.1, -0.05) is 36.4 Å². The van der Waals surface area contributed by atoms with Gasteiger partial charge in [-0.25, -0.2) is 0 Å². The van der Waals surface area contributed by atoms with Crippen LogP contribution >= 0.6 is 9.24 Å². The summed E-state index contributed by atoms with van der Waals surface area (Å²) < 4.78 is 0. The van der Waals surface area contributed by atoms with E-state index in [1.807, 2.05) is 26.0 Å². The van der Waals surface area contributed by atoms with Crippen LogP contribution in [0.25, 0.3) is 5.57 Å². The van der Waals surface area contributed by atoms with Gasteiger partial charge < -0.3 is 5.32 Å². The molecule has 0 radical (unpaired) electrons. The Morgan fingerprint density at radius 1 is 1.10 bits per heavy atom. The van der Waals surface area contributed by atoms with E-state index in [1.54, 1.807) is 6.08 Å². The molecule has 0 aromatic heterocycles. The normalized spacial score (nSPS) is 13.1. The van der Waals surface area contributed by atoms with Gasteiger partial charge in [-0.05, 0) is 85.2 Å². The average molecular weight is 407 g/mol. The standard InChI is InChI=1S/C25H30NO2P/c1-3-26-25(28)16-20-11-12-22-23(17(20)2)14-21(15-24(22)27)19-9-7-18(8-10-19)6-4-5-13-29/h7-12,15H,3-6,13-14,16,29H2,1-2H3,(H,26,28). The SMILES string of the molecule is CCNC(=O)Cc1ccc2c(c1C)CC(c1ccc(CCCCP)cc1)=CC2=O. The van der Waals surface area contributed by atoms with E-state index in [9.17, 15) is 9.59 Å². The van der Waals surface area contributed by atoms with Crippen LogP contribution in [0.15, 0.2) is 42.5 Å². The van der Waals surface area contributed by atoms with Crippen LogP contribution in [0.1, 0.15) is 57.9 Å². The Balaban J connectivity index is 1.81. The third-order valence-corrected chi connectivity index (χ3v) is 6.03. The first-order chi connectivity index (χ1) is 14.0. The molecule has 3 rings (SSSR count). The van der Waals surface area contributed by atoms with Crippen molar-refractivity contribution in [2.45, 2.75) is 46.0 Å². The molecular weight excluding hydrogens is 377 g/mol. The van der Waals surface area contributed by atoms with Crippen molar-refractivity contribution in [3.05, 3.63) is 75.9 Å². The summed E-state index contributed by atoms with van der Waals surface area (Å²) >= 11 is 0. The lowest BCUT2D eigenvalue weighted by molar-refractivity contribution is -0.120. The molecule has 0 saturated heterocycles. The highest BCUT2D eigenvalue weighted by molar-refractivity contribution is 7.16. The molecule has 3 nitrogen and oxygen atoms in total. The first kappa shape index (κ1) is 21.5. The third kappa shape index (κ3) is 5.22. The molecule has 1 amide bonds. The predicted octanol–water partition coefficient (Wildman–Crippen LogP) is 4.69. The maximum Gasteiger partial charge on any atom is 0.224 e. The quantitative estimate of drug-likeness (QED) is 0.510. The van der Waals surface area contributed by atoms with Gasteiger partial charge in [0.15, 0.2) is 5.78 Å². The summed E-state index contributed by atoms with van der Waals surface area (Å²) in [4.78, 5) is 24.8. The van der Waals surface area contributed by atoms with E-state index < -0.39 is 0 Å². The molecule has 0 heterocycles. The highest BCUT2D eigenvalue weighted by atomic mass is 31.0. The van der Waals surface area contributed by atoms with E-state index in [2.05, 4.69) is 38.8 Å². The van der Waals surface area contributed by atoms with E-state index in [-0.39, 0.29) is 11.7 Å². The molecule has 0 fully saturated rings. The highest BCUT2D eigenvalue weighted by Crippen LogP contribution is 2.31. The van der Waals surface area contributed by atoms with Gasteiger partial charge in [-0.3, -0.25) is 9.59 Å². The van der Waals surface area contributed by atoms with Crippen LogP contribution in [0.2, 0.25) is 0 Å². The lowest BCUT2D eigenvalue weighted by atomic mass is 9.83. The lowest BCUT2D eigenvalue weighted by Crippen LogP contribution is -2.25. The molecule has 2 aromatic rings. The second-order valence-electron chi connectivity index (χ2n) is 7.66. The fourth-order valence-corrected chi connectivity index (χ4v) is 4.20. The third-order valence-electron chi connectivity index (χ3n) is 5.62. The number of amides is 1. The van der Waals surface area contributed by atoms with Gasteiger partial charge in [-0.15, -0.1) is 9.24 Å². The molecule has 0 aliphatic heterocycles. The number of unbranched alkanes of at least 4 members (excludes halogenated alkanes) is 1. The summed E-state index contributed by atoms with van der Waals surface area (Å²) in [7, 11) is 2.78. The second kappa shape index (κ2) is 9.98. The highest BCUT2D eigenvalue weighted by Gasteiger charge is 2.22. The Labute approximate surface area is 176 Å². The Morgan fingerprint density at radius 2 is 1.86 bits per heavy atom. The minimum atomic E-state index is 0.0192. The molecule has 0 saturated carbocycles. The Morgan fingerprint density at radius 3 is 2.55 bits per heavy atom. The van der Waals surface area contributed by atoms with Crippen molar-refractivity contribution in [1.82, 2.24) is 5.32 Å². The predicted molar refractivity (Wildman–Crippen MR) is 124 cm³/mol. The minimum Gasteiger partial charge on any atom is -0.356 e. The van der Waals surface area contributed by atoms with Crippen LogP contribution in [-0.4, -0.2) is 24.4 Å². The van der Waals surface area contributed by atoms with Gasteiger partial charge in [0.25, 0.3) is 0 Å². The number of hydrogen-bond acceptors (Lipinski definition) is 2. The number of allylic oxidation sites excluding steroid dienone is 2. The summed E-state index contributed by atoms with van der Waals surface area (Å²) in [6, 6.07) is 12.4. The molecule has 152 valence electrons. The number of nitrogens with one attached hydrogen (secondary N) is 1. The monoisotopic (exact) mass is 407 g/mol. The Hall–Kier alpha value is -2.25. The van der Waals surface area contributed by atoms with E-state index >= 15 is 0 Å². The number of hydrogen-bond donors (Lipinski definition) is 1.